The van der Waals surface area contributed by atoms with Crippen LogP contribution in [0.5, 0.6) is 0 Å². The molecule has 0 amide bonds. The second-order valence-corrected chi connectivity index (χ2v) is 10.0. The lowest BCUT2D eigenvalue weighted by atomic mass is 9.73. The Hall–Kier alpha value is -0.300. The van der Waals surface area contributed by atoms with E-state index in [0.29, 0.717) is 6.10 Å². The second-order valence-electron chi connectivity index (χ2n) is 10.0. The van der Waals surface area contributed by atoms with Crippen molar-refractivity contribution in [2.75, 3.05) is 6.61 Å². The Labute approximate surface area is 169 Å². The molecule has 2 unspecified atom stereocenters. The largest absolute Gasteiger partial charge is 0.378 e. The third kappa shape index (κ3) is 6.91. The van der Waals surface area contributed by atoms with Crippen LogP contribution in [0.25, 0.3) is 0 Å². The first-order valence-electron chi connectivity index (χ1n) is 12.6. The molecule has 3 rings (SSSR count). The fourth-order valence-corrected chi connectivity index (χ4v) is 6.00. The highest BCUT2D eigenvalue weighted by Gasteiger charge is 2.30. The molecule has 156 valence electrons. The highest BCUT2D eigenvalue weighted by atomic mass is 16.5. The van der Waals surface area contributed by atoms with Gasteiger partial charge in [0.1, 0.15) is 0 Å². The maximum absolute atomic E-state index is 6.07. The first-order valence-corrected chi connectivity index (χ1v) is 12.6. The van der Waals surface area contributed by atoms with Gasteiger partial charge in [-0.05, 0) is 100 Å². The Bertz CT molecular complexity index is 404. The summed E-state index contributed by atoms with van der Waals surface area (Å²) in [5.41, 5.74) is 0. The monoisotopic (exact) mass is 374 g/mol. The fraction of sp³-hybridized carbons (Fsp3) is 0.923. The van der Waals surface area contributed by atoms with E-state index in [1.165, 1.54) is 96.3 Å². The van der Waals surface area contributed by atoms with Crippen LogP contribution >= 0.6 is 0 Å². The van der Waals surface area contributed by atoms with Crippen molar-refractivity contribution < 1.29 is 4.74 Å². The third-order valence-electron chi connectivity index (χ3n) is 8.11. The van der Waals surface area contributed by atoms with Crippen LogP contribution in [0.1, 0.15) is 110 Å². The van der Waals surface area contributed by atoms with Crippen LogP contribution in [-0.2, 0) is 4.74 Å². The summed E-state index contributed by atoms with van der Waals surface area (Å²) in [5.74, 6) is 4.62. The molecular formula is C26H46O. The van der Waals surface area contributed by atoms with Crippen LogP contribution in [0.15, 0.2) is 12.2 Å². The standard InChI is InChI=1S/C26H46O/c1-3-5-6-7-21-8-10-22(11-9-21)12-13-23-14-16-24(17-15-23)25-18-19-26(4-2)27-20-25/h12-13,21-26H,3-11,14-20H2,1-2H3/b13-12+. The molecule has 2 saturated carbocycles. The van der Waals surface area contributed by atoms with Gasteiger partial charge in [-0.2, -0.15) is 0 Å². The van der Waals surface area contributed by atoms with Crippen molar-refractivity contribution in [3.63, 3.8) is 0 Å². The Balaban J connectivity index is 1.30. The first-order chi connectivity index (χ1) is 13.3. The number of allylic oxidation sites excluding steroid dienone is 2. The molecule has 1 nitrogen and oxygen atoms in total. The molecule has 2 atom stereocenters. The number of hydrogen-bond acceptors (Lipinski definition) is 1. The molecular weight excluding hydrogens is 328 g/mol. The highest BCUT2D eigenvalue weighted by molar-refractivity contribution is 4.96. The summed E-state index contributed by atoms with van der Waals surface area (Å²) in [6.07, 6.45) is 27.2. The zero-order valence-electron chi connectivity index (χ0n) is 18.3. The molecule has 1 saturated heterocycles. The summed E-state index contributed by atoms with van der Waals surface area (Å²) in [5, 5.41) is 0. The molecule has 3 fully saturated rings. The molecule has 0 aromatic heterocycles. The minimum atomic E-state index is 0.558. The molecule has 2 aliphatic carbocycles. The quantitative estimate of drug-likeness (QED) is 0.309. The van der Waals surface area contributed by atoms with E-state index < -0.39 is 0 Å². The Morgan fingerprint density at radius 3 is 1.89 bits per heavy atom. The zero-order chi connectivity index (χ0) is 18.9. The van der Waals surface area contributed by atoms with E-state index in [9.17, 15) is 0 Å². The predicted octanol–water partition coefficient (Wildman–Crippen LogP) is 7.94. The number of rotatable bonds is 8. The van der Waals surface area contributed by atoms with Crippen molar-refractivity contribution in [2.45, 2.75) is 116 Å². The van der Waals surface area contributed by atoms with Crippen molar-refractivity contribution in [3.05, 3.63) is 12.2 Å². The molecule has 0 N–H and O–H groups in total. The molecule has 1 heteroatoms. The normalized spacial score (nSPS) is 38.3. The molecule has 1 heterocycles. The van der Waals surface area contributed by atoms with Crippen molar-refractivity contribution in [2.24, 2.45) is 29.6 Å². The minimum absolute atomic E-state index is 0.558. The maximum atomic E-state index is 6.07. The van der Waals surface area contributed by atoms with E-state index in [1.54, 1.807) is 0 Å². The number of unbranched alkanes of at least 4 members (excludes halogenated alkanes) is 2. The fourth-order valence-electron chi connectivity index (χ4n) is 6.00. The van der Waals surface area contributed by atoms with Crippen molar-refractivity contribution >= 4 is 0 Å². The lowest BCUT2D eigenvalue weighted by Gasteiger charge is -2.37. The molecule has 0 radical (unpaired) electrons. The van der Waals surface area contributed by atoms with Gasteiger partial charge in [-0.15, -0.1) is 0 Å². The Kier molecular flexibility index (Phi) is 9.23. The smallest absolute Gasteiger partial charge is 0.0572 e. The molecule has 0 spiro atoms. The van der Waals surface area contributed by atoms with Crippen LogP contribution in [0.4, 0.5) is 0 Å². The lowest BCUT2D eigenvalue weighted by molar-refractivity contribution is -0.0390. The SMILES string of the molecule is CCCCCC1CCC(/C=C/C2CCC(C3CCC(CC)OC3)CC2)CC1. The second kappa shape index (κ2) is 11.6. The minimum Gasteiger partial charge on any atom is -0.378 e. The maximum Gasteiger partial charge on any atom is 0.0572 e. The van der Waals surface area contributed by atoms with Gasteiger partial charge in [-0.25, -0.2) is 0 Å². The molecule has 3 aliphatic rings. The van der Waals surface area contributed by atoms with Gasteiger partial charge in [0.05, 0.1) is 12.7 Å². The number of hydrogen-bond donors (Lipinski definition) is 0. The van der Waals surface area contributed by atoms with Crippen molar-refractivity contribution in [3.8, 4) is 0 Å². The van der Waals surface area contributed by atoms with Crippen LogP contribution in [-0.4, -0.2) is 12.7 Å². The van der Waals surface area contributed by atoms with Gasteiger partial charge < -0.3 is 4.74 Å². The van der Waals surface area contributed by atoms with E-state index in [2.05, 4.69) is 26.0 Å². The van der Waals surface area contributed by atoms with E-state index in [0.717, 1.165) is 36.2 Å². The molecule has 0 aromatic rings. The van der Waals surface area contributed by atoms with Gasteiger partial charge in [0.25, 0.3) is 0 Å². The third-order valence-corrected chi connectivity index (χ3v) is 8.11. The van der Waals surface area contributed by atoms with Crippen LogP contribution in [0.3, 0.4) is 0 Å². The summed E-state index contributed by atoms with van der Waals surface area (Å²) in [4.78, 5) is 0. The first kappa shape index (κ1) is 21.4. The highest BCUT2D eigenvalue weighted by Crippen LogP contribution is 2.39. The molecule has 0 bridgehead atoms. The number of ether oxygens (including phenoxy) is 1. The van der Waals surface area contributed by atoms with Gasteiger partial charge in [0.15, 0.2) is 0 Å². The molecule has 0 aromatic carbocycles. The van der Waals surface area contributed by atoms with Gasteiger partial charge >= 0.3 is 0 Å². The van der Waals surface area contributed by atoms with Crippen LogP contribution < -0.4 is 0 Å². The summed E-state index contributed by atoms with van der Waals surface area (Å²) in [6, 6.07) is 0. The Morgan fingerprint density at radius 2 is 1.33 bits per heavy atom. The van der Waals surface area contributed by atoms with Gasteiger partial charge in [-0.3, -0.25) is 0 Å². The van der Waals surface area contributed by atoms with E-state index in [1.807, 2.05) is 0 Å². The summed E-state index contributed by atoms with van der Waals surface area (Å²) in [6.45, 7) is 5.63. The summed E-state index contributed by atoms with van der Waals surface area (Å²) < 4.78 is 6.07. The topological polar surface area (TPSA) is 9.23 Å². The zero-order valence-corrected chi connectivity index (χ0v) is 18.3. The van der Waals surface area contributed by atoms with Gasteiger partial charge in [0.2, 0.25) is 0 Å². The average molecular weight is 375 g/mol. The van der Waals surface area contributed by atoms with Crippen LogP contribution in [0.2, 0.25) is 0 Å². The van der Waals surface area contributed by atoms with Gasteiger partial charge in [-0.1, -0.05) is 51.7 Å². The average Bonchev–Trinajstić information content (AvgIpc) is 2.74. The predicted molar refractivity (Wildman–Crippen MR) is 117 cm³/mol. The summed E-state index contributed by atoms with van der Waals surface area (Å²) in [7, 11) is 0. The van der Waals surface area contributed by atoms with Gasteiger partial charge in [0, 0.05) is 0 Å². The van der Waals surface area contributed by atoms with E-state index in [-0.39, 0.29) is 0 Å². The van der Waals surface area contributed by atoms with E-state index in [4.69, 9.17) is 4.74 Å². The van der Waals surface area contributed by atoms with Crippen molar-refractivity contribution in [1.29, 1.82) is 0 Å². The lowest BCUT2D eigenvalue weighted by Crippen LogP contribution is -2.32. The molecule has 27 heavy (non-hydrogen) atoms. The molecule has 1 aliphatic heterocycles. The van der Waals surface area contributed by atoms with E-state index >= 15 is 0 Å². The van der Waals surface area contributed by atoms with Crippen LogP contribution in [0, 0.1) is 29.6 Å². The summed E-state index contributed by atoms with van der Waals surface area (Å²) >= 11 is 0. The Morgan fingerprint density at radius 1 is 0.704 bits per heavy atom. The van der Waals surface area contributed by atoms with Crippen molar-refractivity contribution in [1.82, 2.24) is 0 Å².